The van der Waals surface area contributed by atoms with Crippen LogP contribution in [0.25, 0.3) is 0 Å². The van der Waals surface area contributed by atoms with Gasteiger partial charge in [0.1, 0.15) is 30.0 Å². The van der Waals surface area contributed by atoms with Gasteiger partial charge in [0.25, 0.3) is 5.91 Å². The van der Waals surface area contributed by atoms with E-state index in [1.54, 1.807) is 39.0 Å². The quantitative estimate of drug-likeness (QED) is 0.0522. The highest BCUT2D eigenvalue weighted by molar-refractivity contribution is 5.93. The summed E-state index contributed by atoms with van der Waals surface area (Å²) in [5, 5.41) is 54.0. The summed E-state index contributed by atoms with van der Waals surface area (Å²) in [6, 6.07) is -2.16. The number of phenolic OH excluding ortho intramolecular Hbond substituents is 1. The molecular weight excluding hydrogens is 1020 g/mol. The van der Waals surface area contributed by atoms with E-state index in [-0.39, 0.29) is 79.3 Å². The number of esters is 1. The molecule has 1 aromatic carbocycles. The number of ether oxygens (including phenoxy) is 2. The number of carbonyl (C=O) groups excluding carboxylic acids is 6. The number of piperidine rings is 1. The minimum Gasteiger partial charge on any atom is -0.503 e. The molecule has 0 aliphatic carbocycles. The third-order valence-electron chi connectivity index (χ3n) is 16.4. The van der Waals surface area contributed by atoms with Gasteiger partial charge in [-0.15, -0.1) is 0 Å². The molecule has 5 rings (SSSR count). The highest BCUT2D eigenvalue weighted by atomic mass is 19.1. The van der Waals surface area contributed by atoms with E-state index in [0.29, 0.717) is 31.3 Å². The summed E-state index contributed by atoms with van der Waals surface area (Å²) in [4.78, 5) is 82.1. The number of halogens is 2. The van der Waals surface area contributed by atoms with Gasteiger partial charge in [-0.2, -0.15) is 0 Å². The summed E-state index contributed by atoms with van der Waals surface area (Å²) < 4.78 is 42.5. The average molecular weight is 1110 g/mol. The molecule has 438 valence electrons. The zero-order chi connectivity index (χ0) is 58.5. The fraction of sp³-hybridized carbons (Fsp3) is 0.633. The lowest BCUT2D eigenvalue weighted by Gasteiger charge is -2.51. The van der Waals surface area contributed by atoms with Crippen LogP contribution in [0.2, 0.25) is 0 Å². The number of amides is 4. The van der Waals surface area contributed by atoms with Crippen LogP contribution >= 0.6 is 0 Å². The van der Waals surface area contributed by atoms with Crippen molar-refractivity contribution in [1.82, 2.24) is 26.4 Å². The number of Topliss-reactive ketones (excluding diaryl/α,β-unsaturated/α-hetero) is 1. The van der Waals surface area contributed by atoms with Crippen molar-refractivity contribution >= 4 is 35.4 Å². The summed E-state index contributed by atoms with van der Waals surface area (Å²) in [5.74, 6) is -10.2. The van der Waals surface area contributed by atoms with Gasteiger partial charge >= 0.3 is 5.97 Å². The number of ketones is 1. The third kappa shape index (κ3) is 16.7. The van der Waals surface area contributed by atoms with Crippen molar-refractivity contribution in [3.8, 4) is 5.75 Å². The molecule has 1 unspecified atom stereocenters. The maximum Gasteiger partial charge on any atom is 0.325 e. The number of rotatable bonds is 15. The van der Waals surface area contributed by atoms with Crippen LogP contribution in [0.4, 0.5) is 8.78 Å². The summed E-state index contributed by atoms with van der Waals surface area (Å²) in [5.41, 5.74) is 3.36. The van der Waals surface area contributed by atoms with Gasteiger partial charge in [-0.25, -0.2) is 14.2 Å². The van der Waals surface area contributed by atoms with Gasteiger partial charge in [0.15, 0.2) is 23.1 Å². The number of aromatic hydroxyl groups is 1. The average Bonchev–Trinajstić information content (AvgIpc) is 3.50. The molecular formula is C60H87F2N5O12. The van der Waals surface area contributed by atoms with Crippen LogP contribution in [0.15, 0.2) is 71.9 Å². The number of hydrogen-bond acceptors (Lipinski definition) is 13. The van der Waals surface area contributed by atoms with E-state index in [9.17, 15) is 53.6 Å². The lowest BCUT2D eigenvalue weighted by Crippen LogP contribution is -2.64. The predicted octanol–water partition coefficient (Wildman–Crippen LogP) is 6.63. The van der Waals surface area contributed by atoms with Gasteiger partial charge < -0.3 is 50.6 Å². The van der Waals surface area contributed by atoms with E-state index in [4.69, 9.17) is 9.47 Å². The largest absolute Gasteiger partial charge is 0.503 e. The maximum absolute atomic E-state index is 15.4. The van der Waals surface area contributed by atoms with Gasteiger partial charge in [-0.05, 0) is 100 Å². The molecule has 2 saturated heterocycles. The molecule has 0 aromatic heterocycles. The standard InChI is InChI=1S/C60H87F2N5O12/c1-11-41-30-38(8)60(65-55(41)73)37(7)29-36(6)50(79-60)32-48(70)34(4)19-14-12-15-20-35(5)49-23-17-13-16-22-47(69)40(10)53(71)43(26-24-39(9)68)56(74)64-52(33(2)3)57(75)63-46(31-42-25-27-44(61)54(72)51(42)62)58(76)67-28-18-21-45(66-67)59(77)78-49/h12-13,15-17,20,22,25,27,29,33-34,36,38,40-41,43,45-50,52-53,66,69-72H,11,14,18-19,21,23-24,26,28,30-32H2,1-10H3,(H,63,75)(H,64,74)(H,65,73)/b15-12+,17-13+,22-16+,35-20+/t34-,36+,38-,40-,41-,43+,45?,46-,47-,48-,49-,50-,52-,53+,60-/m0/s1. The SMILES string of the molecule is CC[C@H]1C[C@H](C)[C@@]2(NC1=O)O[C@@H](C[C@H](O)[C@@H](C)CC/C=C/C=C(\C)[C@@H]1C/C=C/C=C/[C@H](O)[C@H](C)[C@@H](O)[C@@H](CCC(C)=O)C(=O)N[C@@H](C(C)C)C(=O)N[C@@H](Cc3ccc(F)c(O)c3F)C(=O)N3CCCC(N3)C(=O)O1)[C@H](C)C=C2C. The lowest BCUT2D eigenvalue weighted by atomic mass is 9.75. The number of nitrogens with zero attached hydrogens (tertiary/aromatic N) is 1. The van der Waals surface area contributed by atoms with Crippen molar-refractivity contribution in [2.24, 2.45) is 41.4 Å². The number of benzene rings is 1. The first kappa shape index (κ1) is 64.2. The molecule has 0 radical (unpaired) electrons. The topological polar surface area (TPSA) is 253 Å². The predicted molar refractivity (Wildman–Crippen MR) is 294 cm³/mol. The van der Waals surface area contributed by atoms with Crippen LogP contribution < -0.4 is 21.4 Å². The van der Waals surface area contributed by atoms with Crippen molar-refractivity contribution in [2.45, 2.75) is 194 Å². The molecule has 4 heterocycles. The number of cyclic esters (lactones) is 1. The Hall–Kier alpha value is -5.60. The smallest absolute Gasteiger partial charge is 0.325 e. The highest BCUT2D eigenvalue weighted by Crippen LogP contribution is 2.43. The van der Waals surface area contributed by atoms with E-state index < -0.39 is 114 Å². The molecule has 19 heteroatoms. The van der Waals surface area contributed by atoms with Gasteiger partial charge in [0.2, 0.25) is 17.7 Å². The van der Waals surface area contributed by atoms with Crippen LogP contribution in [0, 0.1) is 53.1 Å². The molecule has 1 spiro atoms. The fourth-order valence-corrected chi connectivity index (χ4v) is 11.0. The summed E-state index contributed by atoms with van der Waals surface area (Å²) in [6.45, 7) is 18.1. The second-order valence-corrected chi connectivity index (χ2v) is 22.9. The molecule has 4 amide bonds. The minimum absolute atomic E-state index is 0.00811. The van der Waals surface area contributed by atoms with Crippen molar-refractivity contribution in [3.05, 3.63) is 89.1 Å². The minimum atomic E-state index is -1.60. The lowest BCUT2D eigenvalue weighted by molar-refractivity contribution is -0.179. The van der Waals surface area contributed by atoms with Crippen LogP contribution in [0.5, 0.6) is 5.75 Å². The number of allylic oxidation sites excluding steroid dienone is 5. The van der Waals surface area contributed by atoms with Gasteiger partial charge in [0.05, 0.1) is 30.3 Å². The highest BCUT2D eigenvalue weighted by Gasteiger charge is 2.51. The molecule has 4 aliphatic heterocycles. The second kappa shape index (κ2) is 29.2. The van der Waals surface area contributed by atoms with E-state index in [2.05, 4.69) is 41.3 Å². The molecule has 8 N–H and O–H groups in total. The molecule has 0 saturated carbocycles. The van der Waals surface area contributed by atoms with E-state index in [1.165, 1.54) is 19.9 Å². The van der Waals surface area contributed by atoms with Crippen molar-refractivity contribution < 1.29 is 67.4 Å². The first-order chi connectivity index (χ1) is 37.3. The van der Waals surface area contributed by atoms with Crippen molar-refractivity contribution in [2.75, 3.05) is 6.54 Å². The molecule has 15 atom stereocenters. The Labute approximate surface area is 464 Å². The number of hydrogen-bond donors (Lipinski definition) is 8. The zero-order valence-electron chi connectivity index (χ0n) is 47.7. The normalized spacial score (nSPS) is 32.7. The summed E-state index contributed by atoms with van der Waals surface area (Å²) in [7, 11) is 0. The van der Waals surface area contributed by atoms with E-state index >= 15 is 4.39 Å². The second-order valence-electron chi connectivity index (χ2n) is 22.9. The Morgan fingerprint density at radius 1 is 1.00 bits per heavy atom. The van der Waals surface area contributed by atoms with Gasteiger partial charge in [-0.1, -0.05) is 103 Å². The Kier molecular flexibility index (Phi) is 23.8. The van der Waals surface area contributed by atoms with Crippen LogP contribution in [-0.4, -0.2) is 122 Å². The summed E-state index contributed by atoms with van der Waals surface area (Å²) >= 11 is 0. The molecule has 17 nitrogen and oxygen atoms in total. The van der Waals surface area contributed by atoms with Crippen molar-refractivity contribution in [1.29, 1.82) is 0 Å². The fourth-order valence-electron chi connectivity index (χ4n) is 11.0. The number of hydrazine groups is 1. The number of fused-ring (bicyclic) bond motifs is 2. The molecule has 1 aromatic rings. The van der Waals surface area contributed by atoms with Crippen LogP contribution in [-0.2, 0) is 44.7 Å². The Morgan fingerprint density at radius 2 is 1.72 bits per heavy atom. The molecule has 2 fully saturated rings. The monoisotopic (exact) mass is 1110 g/mol. The first-order valence-corrected chi connectivity index (χ1v) is 28.2. The van der Waals surface area contributed by atoms with Crippen LogP contribution in [0.3, 0.4) is 0 Å². The summed E-state index contributed by atoms with van der Waals surface area (Å²) in [6.07, 6.45) is 12.7. The molecule has 4 aliphatic rings. The van der Waals surface area contributed by atoms with Gasteiger partial charge in [-0.3, -0.25) is 29.0 Å². The first-order valence-electron chi connectivity index (χ1n) is 28.2. The van der Waals surface area contributed by atoms with E-state index in [0.717, 1.165) is 35.6 Å². The zero-order valence-corrected chi connectivity index (χ0v) is 47.7. The number of aliphatic hydroxyl groups excluding tert-OH is 3. The van der Waals surface area contributed by atoms with E-state index in [1.807, 2.05) is 39.0 Å². The molecule has 2 bridgehead atoms. The third-order valence-corrected chi connectivity index (χ3v) is 16.4. The Balaban J connectivity index is 1.37. The maximum atomic E-state index is 15.4. The Morgan fingerprint density at radius 3 is 2.41 bits per heavy atom. The number of carbonyl (C=O) groups is 6. The van der Waals surface area contributed by atoms with Crippen LogP contribution in [0.1, 0.15) is 139 Å². The molecule has 79 heavy (non-hydrogen) atoms. The number of phenols is 1. The number of aliphatic hydroxyl groups is 3. The number of nitrogens with one attached hydrogen (secondary N) is 4. The van der Waals surface area contributed by atoms with Crippen molar-refractivity contribution in [3.63, 3.8) is 0 Å². The Bertz CT molecular complexity index is 2480. The van der Waals surface area contributed by atoms with Gasteiger partial charge in [0, 0.05) is 55.9 Å².